The van der Waals surface area contributed by atoms with Crippen molar-refractivity contribution in [1.29, 1.82) is 0 Å². The van der Waals surface area contributed by atoms with Crippen molar-refractivity contribution in [2.24, 2.45) is 17.8 Å². The maximum atomic E-state index is 13.4. The van der Waals surface area contributed by atoms with Crippen molar-refractivity contribution < 1.29 is 4.79 Å². The van der Waals surface area contributed by atoms with Gasteiger partial charge in [-0.3, -0.25) is 14.9 Å². The first-order valence-electron chi connectivity index (χ1n) is 12.3. The van der Waals surface area contributed by atoms with Crippen LogP contribution in [0.15, 0.2) is 59.4 Å². The average molecular weight is 484 g/mol. The van der Waals surface area contributed by atoms with Gasteiger partial charge in [0.25, 0.3) is 11.5 Å². The van der Waals surface area contributed by atoms with Crippen molar-refractivity contribution in [3.63, 3.8) is 0 Å². The molecule has 1 amide bonds. The highest BCUT2D eigenvalue weighted by Crippen LogP contribution is 2.61. The van der Waals surface area contributed by atoms with Crippen LogP contribution in [0, 0.1) is 17.8 Å². The SMILES string of the molecule is O=C(Nc1nnc(C23CC4CC(CC(C4)C2)C3)s1)c1nn(-c2ccccc2)c(=O)c2ccccc12. The zero-order valence-electron chi connectivity index (χ0n) is 19.2. The number of anilines is 1. The van der Waals surface area contributed by atoms with Crippen molar-refractivity contribution in [1.82, 2.24) is 20.0 Å². The molecule has 2 aromatic heterocycles. The number of benzene rings is 2. The molecule has 2 aromatic carbocycles. The van der Waals surface area contributed by atoms with Crippen LogP contribution in [-0.4, -0.2) is 25.9 Å². The first kappa shape index (κ1) is 20.9. The Kier molecular flexibility index (Phi) is 4.67. The zero-order valence-corrected chi connectivity index (χ0v) is 20.0. The van der Waals surface area contributed by atoms with E-state index in [9.17, 15) is 9.59 Å². The Balaban J connectivity index is 1.23. The number of rotatable bonds is 4. The quantitative estimate of drug-likeness (QED) is 0.443. The van der Waals surface area contributed by atoms with Crippen LogP contribution in [0.5, 0.6) is 0 Å². The van der Waals surface area contributed by atoms with Gasteiger partial charge >= 0.3 is 0 Å². The number of carbonyl (C=O) groups excluding carboxylic acids is 1. The van der Waals surface area contributed by atoms with E-state index in [4.69, 9.17) is 0 Å². The lowest BCUT2D eigenvalue weighted by molar-refractivity contribution is -0.00555. The second-order valence-corrected chi connectivity index (χ2v) is 11.5. The molecule has 4 bridgehead atoms. The molecule has 7 nitrogen and oxygen atoms in total. The molecular formula is C27H25N5O2S. The van der Waals surface area contributed by atoms with Gasteiger partial charge in [-0.1, -0.05) is 47.7 Å². The number of nitrogens with one attached hydrogen (secondary N) is 1. The van der Waals surface area contributed by atoms with E-state index in [2.05, 4.69) is 20.6 Å². The van der Waals surface area contributed by atoms with Crippen molar-refractivity contribution >= 4 is 33.1 Å². The molecule has 0 radical (unpaired) electrons. The van der Waals surface area contributed by atoms with Gasteiger partial charge in [0.15, 0.2) is 5.69 Å². The van der Waals surface area contributed by atoms with E-state index < -0.39 is 0 Å². The highest BCUT2D eigenvalue weighted by Gasteiger charge is 2.53. The lowest BCUT2D eigenvalue weighted by atomic mass is 9.50. The lowest BCUT2D eigenvalue weighted by Crippen LogP contribution is -2.48. The van der Waals surface area contributed by atoms with Gasteiger partial charge in [0, 0.05) is 10.8 Å². The highest BCUT2D eigenvalue weighted by molar-refractivity contribution is 7.15. The summed E-state index contributed by atoms with van der Waals surface area (Å²) in [6, 6.07) is 16.2. The summed E-state index contributed by atoms with van der Waals surface area (Å²) in [7, 11) is 0. The molecule has 8 heteroatoms. The second kappa shape index (κ2) is 7.81. The van der Waals surface area contributed by atoms with Crippen molar-refractivity contribution in [3.8, 4) is 5.69 Å². The Bertz CT molecular complexity index is 1470. The minimum Gasteiger partial charge on any atom is -0.295 e. The van der Waals surface area contributed by atoms with E-state index in [1.54, 1.807) is 30.3 Å². The number of hydrogen-bond acceptors (Lipinski definition) is 6. The Labute approximate surface area is 206 Å². The highest BCUT2D eigenvalue weighted by atomic mass is 32.1. The van der Waals surface area contributed by atoms with Crippen molar-refractivity contribution in [2.75, 3.05) is 5.32 Å². The molecule has 0 spiro atoms. The maximum Gasteiger partial charge on any atom is 0.279 e. The van der Waals surface area contributed by atoms with Crippen LogP contribution in [0.1, 0.15) is 54.0 Å². The summed E-state index contributed by atoms with van der Waals surface area (Å²) < 4.78 is 1.29. The number of aromatic nitrogens is 4. The second-order valence-electron chi connectivity index (χ2n) is 10.5. The van der Waals surface area contributed by atoms with Crippen LogP contribution >= 0.6 is 11.3 Å². The Morgan fingerprint density at radius 3 is 2.20 bits per heavy atom. The molecule has 35 heavy (non-hydrogen) atoms. The van der Waals surface area contributed by atoms with Gasteiger partial charge in [0.2, 0.25) is 5.13 Å². The summed E-state index contributed by atoms with van der Waals surface area (Å²) >= 11 is 1.50. The van der Waals surface area contributed by atoms with Gasteiger partial charge in [-0.2, -0.15) is 9.78 Å². The molecule has 2 heterocycles. The molecule has 1 N–H and O–H groups in total. The van der Waals surface area contributed by atoms with Gasteiger partial charge in [-0.15, -0.1) is 10.2 Å². The molecular weight excluding hydrogens is 458 g/mol. The summed E-state index contributed by atoms with van der Waals surface area (Å²) in [6.07, 6.45) is 7.73. The van der Waals surface area contributed by atoms with E-state index in [1.807, 2.05) is 24.3 Å². The molecule has 8 rings (SSSR count). The summed E-state index contributed by atoms with van der Waals surface area (Å²) in [6.45, 7) is 0. The van der Waals surface area contributed by atoms with Crippen LogP contribution in [0.4, 0.5) is 5.13 Å². The number of fused-ring (bicyclic) bond motifs is 1. The third kappa shape index (κ3) is 3.42. The molecule has 4 aliphatic rings. The molecule has 4 saturated carbocycles. The van der Waals surface area contributed by atoms with Crippen LogP contribution in [-0.2, 0) is 5.41 Å². The topological polar surface area (TPSA) is 89.8 Å². The Hall–Kier alpha value is -3.39. The maximum absolute atomic E-state index is 13.4. The predicted molar refractivity (Wildman–Crippen MR) is 135 cm³/mol. The Morgan fingerprint density at radius 1 is 0.886 bits per heavy atom. The largest absolute Gasteiger partial charge is 0.295 e. The van der Waals surface area contributed by atoms with E-state index in [0.29, 0.717) is 21.6 Å². The van der Waals surface area contributed by atoms with Gasteiger partial charge in [0.1, 0.15) is 5.01 Å². The fourth-order valence-electron chi connectivity index (χ4n) is 7.12. The van der Waals surface area contributed by atoms with Gasteiger partial charge in [-0.05, 0) is 74.5 Å². The standard InChI is InChI=1S/C27H25N5O2S/c33-23(22-20-8-4-5-9-21(20)24(34)32(31-22)19-6-2-1-3-7-19)28-26-30-29-25(35-26)27-13-16-10-17(14-27)12-18(11-16)15-27/h1-9,16-18H,10-15H2,(H,28,30,33). The van der Waals surface area contributed by atoms with Crippen molar-refractivity contribution in [3.05, 3.63) is 75.7 Å². The third-order valence-electron chi connectivity index (χ3n) is 8.16. The molecule has 0 saturated heterocycles. The molecule has 0 unspecified atom stereocenters. The van der Waals surface area contributed by atoms with Gasteiger partial charge < -0.3 is 0 Å². The van der Waals surface area contributed by atoms with E-state index in [-0.39, 0.29) is 22.6 Å². The normalized spacial score (nSPS) is 26.8. The predicted octanol–water partition coefficient (Wildman–Crippen LogP) is 4.96. The van der Waals surface area contributed by atoms with Gasteiger partial charge in [-0.25, -0.2) is 0 Å². The molecule has 4 fully saturated rings. The smallest absolute Gasteiger partial charge is 0.279 e. The van der Waals surface area contributed by atoms with Crippen LogP contribution in [0.25, 0.3) is 16.5 Å². The molecule has 176 valence electrons. The minimum atomic E-state index is -0.390. The monoisotopic (exact) mass is 483 g/mol. The molecule has 0 atom stereocenters. The van der Waals surface area contributed by atoms with Crippen LogP contribution in [0.3, 0.4) is 0 Å². The number of carbonyl (C=O) groups is 1. The van der Waals surface area contributed by atoms with E-state index in [0.717, 1.165) is 22.8 Å². The lowest BCUT2D eigenvalue weighted by Gasteiger charge is -2.55. The fourth-order valence-corrected chi connectivity index (χ4v) is 8.08. The van der Waals surface area contributed by atoms with Crippen LogP contribution < -0.4 is 10.9 Å². The fraction of sp³-hybridized carbons (Fsp3) is 0.370. The zero-order chi connectivity index (χ0) is 23.6. The van der Waals surface area contributed by atoms with E-state index >= 15 is 0 Å². The first-order valence-corrected chi connectivity index (χ1v) is 13.1. The van der Waals surface area contributed by atoms with E-state index in [1.165, 1.54) is 54.5 Å². The number of hydrogen-bond donors (Lipinski definition) is 1. The number of nitrogens with zero attached hydrogens (tertiary/aromatic N) is 4. The van der Waals surface area contributed by atoms with Crippen molar-refractivity contribution in [2.45, 2.75) is 43.9 Å². The number of para-hydroxylation sites is 1. The first-order chi connectivity index (χ1) is 17.1. The number of amides is 1. The Morgan fingerprint density at radius 2 is 1.51 bits per heavy atom. The minimum absolute atomic E-state index is 0.140. The third-order valence-corrected chi connectivity index (χ3v) is 9.24. The molecule has 0 aliphatic heterocycles. The summed E-state index contributed by atoms with van der Waals surface area (Å²) in [5.41, 5.74) is 0.678. The van der Waals surface area contributed by atoms with Gasteiger partial charge in [0.05, 0.1) is 11.1 Å². The molecule has 4 aromatic rings. The summed E-state index contributed by atoms with van der Waals surface area (Å²) in [5.74, 6) is 2.06. The average Bonchev–Trinajstić information content (AvgIpc) is 3.34. The summed E-state index contributed by atoms with van der Waals surface area (Å²) in [4.78, 5) is 26.5. The summed E-state index contributed by atoms with van der Waals surface area (Å²) in [5, 5.41) is 18.9. The molecule has 4 aliphatic carbocycles. The van der Waals surface area contributed by atoms with Crippen LogP contribution in [0.2, 0.25) is 0 Å².